The summed E-state index contributed by atoms with van der Waals surface area (Å²) in [5, 5.41) is 1.12. The average Bonchev–Trinajstić information content (AvgIpc) is 3.19. The van der Waals surface area contributed by atoms with Crippen molar-refractivity contribution in [3.05, 3.63) is 59.5 Å². The Morgan fingerprint density at radius 1 is 1.22 bits per heavy atom. The molecule has 2 heterocycles. The quantitative estimate of drug-likeness (QED) is 0.357. The summed E-state index contributed by atoms with van der Waals surface area (Å²) in [7, 11) is 1.62. The highest BCUT2D eigenvalue weighted by molar-refractivity contribution is 5.97. The zero-order valence-electron chi connectivity index (χ0n) is 19.6. The van der Waals surface area contributed by atoms with E-state index in [-0.39, 0.29) is 5.78 Å². The number of nitrogens with zero attached hydrogens (tertiary/aromatic N) is 2. The molecule has 3 rings (SSSR count). The number of fused-ring (bicyclic) bond motifs is 1. The lowest BCUT2D eigenvalue weighted by Crippen LogP contribution is -2.35. The van der Waals surface area contributed by atoms with Crippen LogP contribution in [0, 0.1) is 5.92 Å². The summed E-state index contributed by atoms with van der Waals surface area (Å²) in [5.74, 6) is 0.734. The largest absolute Gasteiger partial charge is 0.496 e. The number of likely N-dealkylation sites (tertiary alicyclic amines) is 1. The molecule has 1 aromatic carbocycles. The molecule has 32 heavy (non-hydrogen) atoms. The van der Waals surface area contributed by atoms with Crippen LogP contribution in [-0.2, 0) is 9.53 Å². The second kappa shape index (κ2) is 10.6. The van der Waals surface area contributed by atoms with Gasteiger partial charge < -0.3 is 19.9 Å². The van der Waals surface area contributed by atoms with Gasteiger partial charge in [0, 0.05) is 48.5 Å². The Morgan fingerprint density at radius 3 is 2.53 bits per heavy atom. The zero-order chi connectivity index (χ0) is 23.3. The van der Waals surface area contributed by atoms with Crippen LogP contribution in [0.4, 0.5) is 0 Å². The Bertz CT molecular complexity index is 1020. The molecular weight excluding hydrogens is 402 g/mol. The van der Waals surface area contributed by atoms with Gasteiger partial charge in [-0.3, -0.25) is 9.59 Å². The van der Waals surface area contributed by atoms with Crippen LogP contribution in [-0.4, -0.2) is 47.9 Å². The summed E-state index contributed by atoms with van der Waals surface area (Å²) in [6.45, 7) is 8.59. The topological polar surface area (TPSA) is 77.6 Å². The summed E-state index contributed by atoms with van der Waals surface area (Å²) >= 11 is 0. The number of hydrogen-bond acceptors (Lipinski definition) is 4. The number of rotatable bonds is 9. The van der Waals surface area contributed by atoms with Gasteiger partial charge in [-0.25, -0.2) is 0 Å². The van der Waals surface area contributed by atoms with E-state index < -0.39 is 5.91 Å². The third-order valence-corrected chi connectivity index (χ3v) is 6.21. The summed E-state index contributed by atoms with van der Waals surface area (Å²) < 4.78 is 7.79. The highest BCUT2D eigenvalue weighted by atomic mass is 16.5. The number of aromatic nitrogens is 1. The summed E-state index contributed by atoms with van der Waals surface area (Å²) in [6, 6.07) is 8.11. The SMILES string of the molecule is COC(/C=C\C(C)C)=C(\CCN1CCC(n2ccc3ccc(C(N)=O)cc32)CC1)C(C)=O. The third-order valence-electron chi connectivity index (χ3n) is 6.21. The molecule has 1 aliphatic heterocycles. The number of allylic oxidation sites excluding steroid dienone is 2. The molecule has 0 spiro atoms. The predicted molar refractivity (Wildman–Crippen MR) is 128 cm³/mol. The second-order valence-corrected chi connectivity index (χ2v) is 8.89. The molecule has 0 saturated carbocycles. The predicted octanol–water partition coefficient (Wildman–Crippen LogP) is 4.47. The number of carbonyl (C=O) groups is 2. The van der Waals surface area contributed by atoms with Gasteiger partial charge in [-0.15, -0.1) is 0 Å². The Kier molecular flexibility index (Phi) is 7.91. The van der Waals surface area contributed by atoms with Crippen molar-refractivity contribution < 1.29 is 14.3 Å². The molecule has 0 aliphatic carbocycles. The molecular formula is C26H35N3O3. The maximum absolute atomic E-state index is 12.2. The number of benzene rings is 1. The standard InChI is InChI=1S/C26H35N3O3/c1-18(2)5-8-25(32-4)23(19(3)30)12-15-28-13-10-22(11-14-28)29-16-9-20-6-7-21(26(27)31)17-24(20)29/h5-9,16-18,22H,10-15H2,1-4H3,(H2,27,31)/b8-5-,25-23+. The molecule has 1 saturated heterocycles. The van der Waals surface area contributed by atoms with Crippen molar-refractivity contribution in [1.29, 1.82) is 0 Å². The molecule has 6 heteroatoms. The number of piperidine rings is 1. The fraction of sp³-hybridized carbons (Fsp3) is 0.462. The lowest BCUT2D eigenvalue weighted by molar-refractivity contribution is -0.114. The van der Waals surface area contributed by atoms with Gasteiger partial charge in [-0.2, -0.15) is 0 Å². The maximum Gasteiger partial charge on any atom is 0.248 e. The number of carbonyl (C=O) groups excluding carboxylic acids is 2. The van der Waals surface area contributed by atoms with Gasteiger partial charge in [0.2, 0.25) is 5.91 Å². The minimum atomic E-state index is -0.400. The number of Topliss-reactive ketones (excluding diaryl/α,β-unsaturated/α-hetero) is 1. The molecule has 1 fully saturated rings. The molecule has 1 aliphatic rings. The van der Waals surface area contributed by atoms with Gasteiger partial charge in [0.05, 0.1) is 7.11 Å². The third kappa shape index (κ3) is 5.68. The van der Waals surface area contributed by atoms with E-state index >= 15 is 0 Å². The molecule has 2 aromatic rings. The number of ketones is 1. The normalized spacial score (nSPS) is 16.7. The molecule has 0 bridgehead atoms. The Hall–Kier alpha value is -2.86. The molecule has 172 valence electrons. The van der Waals surface area contributed by atoms with Crippen LogP contribution in [0.5, 0.6) is 0 Å². The average molecular weight is 438 g/mol. The van der Waals surface area contributed by atoms with E-state index in [0.29, 0.717) is 29.7 Å². The van der Waals surface area contributed by atoms with Crippen molar-refractivity contribution in [3.8, 4) is 0 Å². The van der Waals surface area contributed by atoms with Crippen molar-refractivity contribution in [3.63, 3.8) is 0 Å². The van der Waals surface area contributed by atoms with Gasteiger partial charge in [-0.1, -0.05) is 26.0 Å². The maximum atomic E-state index is 12.2. The minimum Gasteiger partial charge on any atom is -0.496 e. The van der Waals surface area contributed by atoms with Crippen molar-refractivity contribution in [2.45, 2.75) is 46.1 Å². The number of hydrogen-bond donors (Lipinski definition) is 1. The number of amides is 1. The van der Waals surface area contributed by atoms with Crippen molar-refractivity contribution in [1.82, 2.24) is 9.47 Å². The summed E-state index contributed by atoms with van der Waals surface area (Å²) in [6.07, 6.45) is 8.81. The molecule has 6 nitrogen and oxygen atoms in total. The molecule has 1 amide bonds. The first-order chi connectivity index (χ1) is 15.3. The van der Waals surface area contributed by atoms with Crippen LogP contribution in [0.25, 0.3) is 10.9 Å². The monoisotopic (exact) mass is 437 g/mol. The zero-order valence-corrected chi connectivity index (χ0v) is 19.6. The van der Waals surface area contributed by atoms with Crippen LogP contribution in [0.2, 0.25) is 0 Å². The van der Waals surface area contributed by atoms with E-state index in [1.54, 1.807) is 20.1 Å². The number of methoxy groups -OCH3 is 1. The lowest BCUT2D eigenvalue weighted by atomic mass is 10.0. The van der Waals surface area contributed by atoms with E-state index in [9.17, 15) is 9.59 Å². The summed E-state index contributed by atoms with van der Waals surface area (Å²) in [4.78, 5) is 26.2. The second-order valence-electron chi connectivity index (χ2n) is 8.89. The Labute approximate surface area is 190 Å². The van der Waals surface area contributed by atoms with Crippen molar-refractivity contribution in [2.75, 3.05) is 26.7 Å². The van der Waals surface area contributed by atoms with Gasteiger partial charge in [0.25, 0.3) is 0 Å². The first kappa shape index (κ1) is 23.8. The molecule has 0 unspecified atom stereocenters. The smallest absolute Gasteiger partial charge is 0.248 e. The van der Waals surface area contributed by atoms with Crippen molar-refractivity contribution >= 4 is 22.6 Å². The van der Waals surface area contributed by atoms with Gasteiger partial charge in [0.15, 0.2) is 5.78 Å². The van der Waals surface area contributed by atoms with Gasteiger partial charge in [0.1, 0.15) is 5.76 Å². The molecule has 0 radical (unpaired) electrons. The number of ether oxygens (including phenoxy) is 1. The fourth-order valence-electron chi connectivity index (χ4n) is 4.36. The number of nitrogens with two attached hydrogens (primary N) is 1. The first-order valence-electron chi connectivity index (χ1n) is 11.4. The van der Waals surface area contributed by atoms with Crippen LogP contribution in [0.1, 0.15) is 56.4 Å². The van der Waals surface area contributed by atoms with E-state index in [4.69, 9.17) is 10.5 Å². The van der Waals surface area contributed by atoms with Gasteiger partial charge in [-0.05, 0) is 61.8 Å². The molecule has 0 atom stereocenters. The van der Waals surface area contributed by atoms with E-state index in [0.717, 1.165) is 49.0 Å². The Balaban J connectivity index is 1.64. The Morgan fingerprint density at radius 2 is 1.94 bits per heavy atom. The molecule has 1 aromatic heterocycles. The van der Waals surface area contributed by atoms with Crippen LogP contribution < -0.4 is 5.73 Å². The van der Waals surface area contributed by atoms with Crippen molar-refractivity contribution in [2.24, 2.45) is 11.7 Å². The lowest BCUT2D eigenvalue weighted by Gasteiger charge is -2.33. The number of primary amides is 1. The molecule has 2 N–H and O–H groups in total. The van der Waals surface area contributed by atoms with E-state index in [2.05, 4.69) is 41.7 Å². The van der Waals surface area contributed by atoms with E-state index in [1.165, 1.54) is 0 Å². The highest BCUT2D eigenvalue weighted by Crippen LogP contribution is 2.29. The first-order valence-corrected chi connectivity index (χ1v) is 11.4. The van der Waals surface area contributed by atoms with Crippen LogP contribution in [0.15, 0.2) is 53.9 Å². The highest BCUT2D eigenvalue weighted by Gasteiger charge is 2.22. The summed E-state index contributed by atoms with van der Waals surface area (Å²) in [5.41, 5.74) is 7.82. The minimum absolute atomic E-state index is 0.0641. The van der Waals surface area contributed by atoms with Crippen LogP contribution in [0.3, 0.4) is 0 Å². The fourth-order valence-corrected chi connectivity index (χ4v) is 4.36. The van der Waals surface area contributed by atoms with E-state index in [1.807, 2.05) is 18.2 Å². The van der Waals surface area contributed by atoms with Gasteiger partial charge >= 0.3 is 0 Å². The van der Waals surface area contributed by atoms with Crippen LogP contribution >= 0.6 is 0 Å².